The van der Waals surface area contributed by atoms with Crippen LogP contribution in [0.15, 0.2) is 47.4 Å². The largest absolute Gasteiger partial charge is 0.497 e. The number of amides is 1. The van der Waals surface area contributed by atoms with E-state index in [9.17, 15) is 23.1 Å². The third kappa shape index (κ3) is 5.75. The van der Waals surface area contributed by atoms with Gasteiger partial charge < -0.3 is 19.9 Å². The van der Waals surface area contributed by atoms with Gasteiger partial charge >= 0.3 is 5.97 Å². The first kappa shape index (κ1) is 26.2. The summed E-state index contributed by atoms with van der Waals surface area (Å²) in [6.07, 6.45) is 1.60. The first-order chi connectivity index (χ1) is 17.5. The van der Waals surface area contributed by atoms with Crippen molar-refractivity contribution in [2.24, 2.45) is 5.92 Å². The summed E-state index contributed by atoms with van der Waals surface area (Å²) in [4.78, 5) is 23.9. The molecule has 1 saturated carbocycles. The molecular formula is C25H28N4O7S. The van der Waals surface area contributed by atoms with Gasteiger partial charge in [0.25, 0.3) is 0 Å². The second kappa shape index (κ2) is 10.2. The SMILES string of the molecule is COc1ccc(-n2nc(C(=O)O)c(C)c2Oc2ccc(NC(=O)C3CC3)cc2S(=O)(=O)NC(C)C)cc1. The lowest BCUT2D eigenvalue weighted by atomic mass is 10.2. The standard InChI is InChI=1S/C25H28N4O7S/c1-14(2)28-37(33,34)21-13-17(26-23(30)16-5-6-16)7-12-20(21)36-24-15(3)22(25(31)32)27-29(24)18-8-10-19(35-4)11-9-18/h7-14,16,28H,5-6H2,1-4H3,(H,26,30)(H,31,32). The highest BCUT2D eigenvalue weighted by molar-refractivity contribution is 7.89. The second-order valence-corrected chi connectivity index (χ2v) is 10.7. The first-order valence-electron chi connectivity index (χ1n) is 11.6. The number of carbonyl (C=O) groups is 2. The molecule has 1 aliphatic carbocycles. The third-order valence-corrected chi connectivity index (χ3v) is 7.31. The van der Waals surface area contributed by atoms with Crippen LogP contribution < -0.4 is 19.5 Å². The Morgan fingerprint density at radius 3 is 2.38 bits per heavy atom. The monoisotopic (exact) mass is 528 g/mol. The molecule has 0 bridgehead atoms. The molecule has 196 valence electrons. The van der Waals surface area contributed by atoms with E-state index in [1.165, 1.54) is 36.9 Å². The van der Waals surface area contributed by atoms with Gasteiger partial charge in [0.05, 0.1) is 12.8 Å². The van der Waals surface area contributed by atoms with E-state index in [0.717, 1.165) is 12.8 Å². The molecule has 1 amide bonds. The van der Waals surface area contributed by atoms with Crippen LogP contribution in [-0.2, 0) is 14.8 Å². The Bertz CT molecular complexity index is 1440. The Morgan fingerprint density at radius 2 is 1.81 bits per heavy atom. The van der Waals surface area contributed by atoms with Gasteiger partial charge in [0.1, 0.15) is 16.4 Å². The maximum Gasteiger partial charge on any atom is 0.356 e. The summed E-state index contributed by atoms with van der Waals surface area (Å²) >= 11 is 0. The number of ether oxygens (including phenoxy) is 2. The number of nitrogens with one attached hydrogen (secondary N) is 2. The summed E-state index contributed by atoms with van der Waals surface area (Å²) in [6, 6.07) is 10.5. The number of sulfonamides is 1. The minimum absolute atomic E-state index is 0.0262. The zero-order valence-electron chi connectivity index (χ0n) is 20.8. The molecule has 11 nitrogen and oxygen atoms in total. The van der Waals surface area contributed by atoms with E-state index in [-0.39, 0.29) is 39.6 Å². The Balaban J connectivity index is 1.81. The molecule has 1 aliphatic rings. The number of hydrogen-bond acceptors (Lipinski definition) is 7. The molecule has 2 aromatic carbocycles. The van der Waals surface area contributed by atoms with E-state index in [2.05, 4.69) is 15.1 Å². The maximum atomic E-state index is 13.2. The second-order valence-electron chi connectivity index (χ2n) is 9.00. The number of carboxylic acids is 1. The number of benzene rings is 2. The van der Waals surface area contributed by atoms with E-state index in [0.29, 0.717) is 17.1 Å². The van der Waals surface area contributed by atoms with Crippen molar-refractivity contribution < 1.29 is 32.6 Å². The zero-order valence-corrected chi connectivity index (χ0v) is 21.6. The predicted octanol–water partition coefficient (Wildman–Crippen LogP) is 3.72. The number of methoxy groups -OCH3 is 1. The Hall–Kier alpha value is -3.90. The fourth-order valence-electron chi connectivity index (χ4n) is 3.65. The van der Waals surface area contributed by atoms with Gasteiger partial charge in [-0.3, -0.25) is 4.79 Å². The van der Waals surface area contributed by atoms with Crippen LogP contribution in [0.5, 0.6) is 17.4 Å². The van der Waals surface area contributed by atoms with Crippen LogP contribution in [0, 0.1) is 12.8 Å². The van der Waals surface area contributed by atoms with E-state index in [1.54, 1.807) is 38.1 Å². The minimum Gasteiger partial charge on any atom is -0.497 e. The highest BCUT2D eigenvalue weighted by atomic mass is 32.2. The Kier molecular flexibility index (Phi) is 7.23. The van der Waals surface area contributed by atoms with Crippen LogP contribution >= 0.6 is 0 Å². The molecule has 0 saturated heterocycles. The molecular weight excluding hydrogens is 500 g/mol. The number of rotatable bonds is 10. The zero-order chi connectivity index (χ0) is 26.9. The lowest BCUT2D eigenvalue weighted by molar-refractivity contribution is -0.117. The summed E-state index contributed by atoms with van der Waals surface area (Å²) in [5, 5.41) is 16.6. The molecule has 3 N–H and O–H groups in total. The summed E-state index contributed by atoms with van der Waals surface area (Å²) in [5.74, 6) is -0.952. The molecule has 12 heteroatoms. The molecule has 0 spiro atoms. The van der Waals surface area contributed by atoms with Crippen LogP contribution in [0.25, 0.3) is 5.69 Å². The molecule has 4 rings (SSSR count). The average Bonchev–Trinajstić information content (AvgIpc) is 3.64. The Labute approximate surface area is 214 Å². The van der Waals surface area contributed by atoms with Gasteiger partial charge in [-0.15, -0.1) is 0 Å². The fourth-order valence-corrected chi connectivity index (χ4v) is 5.05. The summed E-state index contributed by atoms with van der Waals surface area (Å²) in [7, 11) is -2.55. The van der Waals surface area contributed by atoms with E-state index < -0.39 is 22.0 Å². The van der Waals surface area contributed by atoms with Crippen molar-refractivity contribution in [3.8, 4) is 23.1 Å². The predicted molar refractivity (Wildman–Crippen MR) is 135 cm³/mol. The summed E-state index contributed by atoms with van der Waals surface area (Å²) < 4.78 is 41.5. The molecule has 37 heavy (non-hydrogen) atoms. The van der Waals surface area contributed by atoms with E-state index in [1.807, 2.05) is 0 Å². The van der Waals surface area contributed by atoms with Crippen molar-refractivity contribution in [3.05, 3.63) is 53.7 Å². The first-order valence-corrected chi connectivity index (χ1v) is 13.1. The molecule has 0 atom stereocenters. The number of carboxylic acid groups (broad SMARTS) is 1. The van der Waals surface area contributed by atoms with Gasteiger partial charge in [-0.05, 0) is 76.1 Å². The van der Waals surface area contributed by atoms with Gasteiger partial charge in [-0.2, -0.15) is 9.78 Å². The number of nitrogens with zero attached hydrogens (tertiary/aromatic N) is 2. The van der Waals surface area contributed by atoms with Gasteiger partial charge in [0.15, 0.2) is 5.69 Å². The van der Waals surface area contributed by atoms with Crippen LogP contribution in [0.2, 0.25) is 0 Å². The molecule has 0 unspecified atom stereocenters. The average molecular weight is 529 g/mol. The van der Waals surface area contributed by atoms with E-state index >= 15 is 0 Å². The third-order valence-electron chi connectivity index (χ3n) is 5.63. The molecule has 0 aliphatic heterocycles. The van der Waals surface area contributed by atoms with Gasteiger partial charge in [-0.25, -0.2) is 17.9 Å². The summed E-state index contributed by atoms with van der Waals surface area (Å²) in [5.41, 5.74) is 0.739. The molecule has 1 heterocycles. The van der Waals surface area contributed by atoms with Crippen molar-refractivity contribution >= 4 is 27.6 Å². The lowest BCUT2D eigenvalue weighted by Gasteiger charge is -2.17. The number of aromatic nitrogens is 2. The minimum atomic E-state index is -4.07. The van der Waals surface area contributed by atoms with Gasteiger partial charge in [0, 0.05) is 23.2 Å². The van der Waals surface area contributed by atoms with Gasteiger partial charge in [0.2, 0.25) is 21.8 Å². The topological polar surface area (TPSA) is 149 Å². The van der Waals surface area contributed by atoms with Crippen LogP contribution in [0.3, 0.4) is 0 Å². The number of carbonyl (C=O) groups excluding carboxylic acids is 1. The van der Waals surface area contributed by atoms with Crippen molar-refractivity contribution in [1.82, 2.24) is 14.5 Å². The van der Waals surface area contributed by atoms with Gasteiger partial charge in [-0.1, -0.05) is 0 Å². The number of anilines is 1. The maximum absolute atomic E-state index is 13.2. The Morgan fingerprint density at radius 1 is 1.14 bits per heavy atom. The van der Waals surface area contributed by atoms with Crippen molar-refractivity contribution in [2.45, 2.75) is 44.6 Å². The highest BCUT2D eigenvalue weighted by Crippen LogP contribution is 2.36. The van der Waals surface area contributed by atoms with Crippen LogP contribution in [-0.4, -0.2) is 48.3 Å². The van der Waals surface area contributed by atoms with Crippen LogP contribution in [0.1, 0.15) is 42.7 Å². The van der Waals surface area contributed by atoms with Crippen molar-refractivity contribution in [3.63, 3.8) is 0 Å². The molecule has 1 aromatic heterocycles. The van der Waals surface area contributed by atoms with Crippen molar-refractivity contribution in [2.75, 3.05) is 12.4 Å². The normalized spacial score (nSPS) is 13.4. The number of aromatic carboxylic acids is 1. The molecule has 3 aromatic rings. The lowest BCUT2D eigenvalue weighted by Crippen LogP contribution is -2.30. The molecule has 1 fully saturated rings. The van der Waals surface area contributed by atoms with E-state index in [4.69, 9.17) is 9.47 Å². The summed E-state index contributed by atoms with van der Waals surface area (Å²) in [6.45, 7) is 4.88. The number of hydrogen-bond donors (Lipinski definition) is 3. The van der Waals surface area contributed by atoms with Crippen molar-refractivity contribution in [1.29, 1.82) is 0 Å². The fraction of sp³-hybridized carbons (Fsp3) is 0.320. The van der Waals surface area contributed by atoms with Crippen LogP contribution in [0.4, 0.5) is 5.69 Å². The smallest absolute Gasteiger partial charge is 0.356 e. The molecule has 0 radical (unpaired) electrons. The quantitative estimate of drug-likeness (QED) is 0.361. The highest BCUT2D eigenvalue weighted by Gasteiger charge is 2.31.